The number of amides is 1. The monoisotopic (exact) mass is 868 g/mol. The summed E-state index contributed by atoms with van der Waals surface area (Å²) in [5, 5.41) is 12.4. The van der Waals surface area contributed by atoms with Crippen LogP contribution in [-0.2, 0) is 40.9 Å². The second kappa shape index (κ2) is 19.5. The number of thioether (sulfide) groups is 1. The fourth-order valence-electron chi connectivity index (χ4n) is 7.51. The lowest BCUT2D eigenvalue weighted by Gasteiger charge is -2.46. The lowest BCUT2D eigenvalue weighted by Crippen LogP contribution is -2.58. The van der Waals surface area contributed by atoms with Crippen molar-refractivity contribution >= 4 is 51.9 Å². The largest absolute Gasteiger partial charge is 0.490 e. The normalized spacial score (nSPS) is 18.7. The molecule has 1 aliphatic carbocycles. The van der Waals surface area contributed by atoms with Crippen LogP contribution in [0.4, 0.5) is 13.2 Å². The number of aliphatic carboxylic acids is 1. The number of esters is 1. The third-order valence-corrected chi connectivity index (χ3v) is 11.7. The molecule has 2 aromatic carbocycles. The van der Waals surface area contributed by atoms with E-state index in [-0.39, 0.29) is 24.0 Å². The Morgan fingerprint density at radius 3 is 2.15 bits per heavy atom. The molecule has 1 aromatic heterocycles. The van der Waals surface area contributed by atoms with Gasteiger partial charge in [0.2, 0.25) is 17.5 Å². The van der Waals surface area contributed by atoms with Crippen LogP contribution in [0.2, 0.25) is 0 Å². The maximum atomic E-state index is 13.5. The SMILES string of the molecule is COC(=O)C(CCSC)NC(=O)CN(Cc1cccc2ccccc12)C(C)(c1c[nH]cn1)N1CCCC1.O=C(O)C(F)(F)F.O=C1C=C(N2CC2)C(=O)C(N2CC2)=C1N1CC1. The number of Topliss-reactive ketones (excluding diaryl/α,β-unsaturated/α-hetero) is 1. The van der Waals surface area contributed by atoms with Crippen molar-refractivity contribution in [3.8, 4) is 0 Å². The van der Waals surface area contributed by atoms with E-state index >= 15 is 0 Å². The van der Waals surface area contributed by atoms with Crippen LogP contribution in [0.3, 0.4) is 0 Å². The van der Waals surface area contributed by atoms with E-state index in [9.17, 15) is 32.3 Å². The van der Waals surface area contributed by atoms with Crippen molar-refractivity contribution in [2.24, 2.45) is 0 Å². The molecule has 1 amide bonds. The van der Waals surface area contributed by atoms with Gasteiger partial charge < -0.3 is 34.8 Å². The first-order valence-corrected chi connectivity index (χ1v) is 21.5. The van der Waals surface area contributed by atoms with Crippen molar-refractivity contribution in [3.05, 3.63) is 89.4 Å². The molecule has 328 valence electrons. The molecule has 5 aliphatic rings. The van der Waals surface area contributed by atoms with Gasteiger partial charge in [-0.05, 0) is 54.5 Å². The summed E-state index contributed by atoms with van der Waals surface area (Å²) >= 11 is 1.63. The number of halogens is 3. The van der Waals surface area contributed by atoms with E-state index in [2.05, 4.69) is 62.3 Å². The van der Waals surface area contributed by atoms with Crippen molar-refractivity contribution in [2.45, 2.75) is 50.6 Å². The smallest absolute Gasteiger partial charge is 0.475 e. The Morgan fingerprint density at radius 1 is 0.951 bits per heavy atom. The first-order valence-electron chi connectivity index (χ1n) is 20.1. The minimum absolute atomic E-state index is 0.00546. The Hall–Kier alpha value is -5.40. The van der Waals surface area contributed by atoms with Crippen molar-refractivity contribution in [1.82, 2.24) is 39.8 Å². The highest BCUT2D eigenvalue weighted by Gasteiger charge is 2.45. The highest BCUT2D eigenvalue weighted by Crippen LogP contribution is 2.37. The quantitative estimate of drug-likeness (QED) is 0.115. The van der Waals surface area contributed by atoms with Crippen LogP contribution in [0.15, 0.2) is 78.2 Å². The molecule has 4 aliphatic heterocycles. The second-order valence-corrected chi connectivity index (χ2v) is 16.3. The number of likely N-dealkylation sites (tertiary alicyclic amines) is 1. The number of benzene rings is 2. The van der Waals surface area contributed by atoms with Crippen LogP contribution in [0.25, 0.3) is 10.8 Å². The van der Waals surface area contributed by atoms with Gasteiger partial charge in [0.05, 0.1) is 31.4 Å². The van der Waals surface area contributed by atoms with Gasteiger partial charge >= 0.3 is 18.1 Å². The summed E-state index contributed by atoms with van der Waals surface area (Å²) in [6.07, 6.45) is 4.76. The molecule has 0 radical (unpaired) electrons. The first kappa shape index (κ1) is 45.1. The zero-order chi connectivity index (χ0) is 43.9. The van der Waals surface area contributed by atoms with Gasteiger partial charge in [-0.2, -0.15) is 24.9 Å². The predicted molar refractivity (Wildman–Crippen MR) is 222 cm³/mol. The molecule has 3 N–H and O–H groups in total. The molecule has 0 saturated carbocycles. The number of methoxy groups -OCH3 is 1. The Bertz CT molecular complexity index is 2140. The molecular formula is C42H51F3N8O7S. The standard InChI is InChI=1S/C28H37N5O3S.C12H13N3O2.C2HF3O2/c1-28(25-17-29-20-30-25,32-14-6-7-15-32)33(18-22-11-8-10-21-9-4-5-12-23(21)22)19-26(34)31-24(13-16-37-3)27(35)36-2;16-9-7-8(13-1-2-13)12(17)11(15-5-6-15)10(9)14-3-4-14;3-2(4,5)1(6)7/h4-5,8-12,17,20,24H,6-7,13-16,18-19H2,1-3H3,(H,29,30)(H,31,34);7H,1-6H2;(H,6,7). The van der Waals surface area contributed by atoms with Gasteiger partial charge in [0.15, 0.2) is 0 Å². The van der Waals surface area contributed by atoms with Crippen LogP contribution >= 0.6 is 11.8 Å². The molecule has 4 fully saturated rings. The highest BCUT2D eigenvalue weighted by atomic mass is 32.2. The van der Waals surface area contributed by atoms with E-state index in [1.165, 1.54) is 13.2 Å². The Kier molecular flexibility index (Phi) is 14.5. The fraction of sp³-hybridized carbons (Fsp3) is 0.476. The molecule has 2 atom stereocenters. The minimum atomic E-state index is -5.08. The fourth-order valence-corrected chi connectivity index (χ4v) is 7.98. The van der Waals surface area contributed by atoms with Crippen LogP contribution in [0.5, 0.6) is 0 Å². The number of ether oxygens (including phenoxy) is 1. The number of nitrogens with zero attached hydrogens (tertiary/aromatic N) is 6. The van der Waals surface area contributed by atoms with Gasteiger partial charge in [-0.3, -0.25) is 24.2 Å². The Morgan fingerprint density at radius 2 is 1.57 bits per heavy atom. The summed E-state index contributed by atoms with van der Waals surface area (Å²) in [5.74, 6) is -2.59. The molecule has 15 nitrogen and oxygen atoms in total. The number of ketones is 2. The molecule has 8 rings (SSSR count). The topological polar surface area (TPSA) is 171 Å². The Labute approximate surface area is 355 Å². The summed E-state index contributed by atoms with van der Waals surface area (Å²) in [7, 11) is 1.36. The second-order valence-electron chi connectivity index (χ2n) is 15.3. The van der Waals surface area contributed by atoms with Gasteiger partial charge in [-0.1, -0.05) is 42.5 Å². The van der Waals surface area contributed by atoms with Gasteiger partial charge in [0.25, 0.3) is 0 Å². The number of nitrogens with one attached hydrogen (secondary N) is 2. The number of carboxylic acid groups (broad SMARTS) is 1. The maximum Gasteiger partial charge on any atom is 0.490 e. The molecule has 4 saturated heterocycles. The van der Waals surface area contributed by atoms with E-state index in [0.29, 0.717) is 30.1 Å². The van der Waals surface area contributed by atoms with Crippen molar-refractivity contribution in [1.29, 1.82) is 0 Å². The molecule has 0 spiro atoms. The van der Waals surface area contributed by atoms with Crippen molar-refractivity contribution in [3.63, 3.8) is 0 Å². The molecule has 61 heavy (non-hydrogen) atoms. The lowest BCUT2D eigenvalue weighted by atomic mass is 10.00. The number of aromatic amines is 1. The summed E-state index contributed by atoms with van der Waals surface area (Å²) in [4.78, 5) is 77.6. The Balaban J connectivity index is 0.000000210. The predicted octanol–water partition coefficient (Wildman–Crippen LogP) is 3.56. The molecule has 5 heterocycles. The number of alkyl halides is 3. The third kappa shape index (κ3) is 11.1. The zero-order valence-corrected chi connectivity index (χ0v) is 35.2. The van der Waals surface area contributed by atoms with E-state index in [0.717, 1.165) is 93.0 Å². The number of carbonyl (C=O) groups is 5. The third-order valence-electron chi connectivity index (χ3n) is 11.1. The minimum Gasteiger partial charge on any atom is -0.475 e. The maximum absolute atomic E-state index is 13.5. The summed E-state index contributed by atoms with van der Waals surface area (Å²) < 4.78 is 36.7. The van der Waals surface area contributed by atoms with Crippen molar-refractivity contribution in [2.75, 3.05) is 78.0 Å². The molecule has 0 bridgehead atoms. The van der Waals surface area contributed by atoms with Crippen LogP contribution in [0.1, 0.15) is 37.4 Å². The number of carbonyl (C=O) groups excluding carboxylic acids is 4. The van der Waals surface area contributed by atoms with Gasteiger partial charge in [0, 0.05) is 71.2 Å². The number of hydrogen-bond acceptors (Lipinski definition) is 13. The van der Waals surface area contributed by atoms with E-state index in [4.69, 9.17) is 14.6 Å². The zero-order valence-electron chi connectivity index (χ0n) is 34.4. The van der Waals surface area contributed by atoms with E-state index in [1.807, 2.05) is 39.3 Å². The van der Waals surface area contributed by atoms with Crippen LogP contribution < -0.4 is 5.32 Å². The first-order chi connectivity index (χ1) is 29.2. The average molecular weight is 869 g/mol. The number of aromatic nitrogens is 2. The molecule has 3 aromatic rings. The summed E-state index contributed by atoms with van der Waals surface area (Å²) in [6, 6.07) is 13.9. The number of rotatable bonds is 15. The number of allylic oxidation sites excluding steroid dienone is 1. The van der Waals surface area contributed by atoms with Gasteiger partial charge in [-0.15, -0.1) is 0 Å². The molecular weight excluding hydrogens is 818 g/mol. The summed E-state index contributed by atoms with van der Waals surface area (Å²) in [6.45, 7) is 10.1. The number of carboxylic acids is 1. The number of fused-ring (bicyclic) bond motifs is 1. The number of imidazole rings is 1. The number of hydrogen-bond donors (Lipinski definition) is 3. The van der Waals surface area contributed by atoms with E-state index in [1.54, 1.807) is 18.1 Å². The number of H-pyrrole nitrogens is 1. The lowest BCUT2D eigenvalue weighted by molar-refractivity contribution is -0.192. The highest BCUT2D eigenvalue weighted by molar-refractivity contribution is 7.98. The van der Waals surface area contributed by atoms with Crippen LogP contribution in [0, 0.1) is 0 Å². The van der Waals surface area contributed by atoms with Gasteiger partial charge in [-0.25, -0.2) is 14.6 Å². The average Bonchev–Trinajstić information content (AvgIpc) is 4.21. The molecule has 19 heteroatoms. The van der Waals surface area contributed by atoms with Gasteiger partial charge in [0.1, 0.15) is 23.1 Å². The van der Waals surface area contributed by atoms with Crippen molar-refractivity contribution < 1.29 is 47.0 Å². The summed E-state index contributed by atoms with van der Waals surface area (Å²) in [5.41, 5.74) is 3.27. The van der Waals surface area contributed by atoms with E-state index < -0.39 is 29.8 Å². The molecule has 2 unspecified atom stereocenters. The van der Waals surface area contributed by atoms with Crippen LogP contribution in [-0.4, -0.2) is 159 Å².